The fraction of sp³-hybridized carbons (Fsp3) is 0.312. The van der Waals surface area contributed by atoms with E-state index >= 15 is 0 Å². The van der Waals surface area contributed by atoms with Crippen LogP contribution in [0.15, 0.2) is 30.5 Å². The lowest BCUT2D eigenvalue weighted by Crippen LogP contribution is -2.33. The van der Waals surface area contributed by atoms with Crippen LogP contribution in [-0.4, -0.2) is 35.6 Å². The van der Waals surface area contributed by atoms with E-state index in [4.69, 9.17) is 9.84 Å². The maximum Gasteiger partial charge on any atom is 0.311 e. The number of nitrogens with one attached hydrogen (secondary N) is 1. The number of amides is 1. The zero-order valence-electron chi connectivity index (χ0n) is 12.5. The van der Waals surface area contributed by atoms with E-state index in [1.807, 2.05) is 24.3 Å². The molecule has 1 fully saturated rings. The van der Waals surface area contributed by atoms with Crippen molar-refractivity contribution in [2.75, 3.05) is 13.7 Å². The van der Waals surface area contributed by atoms with Crippen molar-refractivity contribution in [1.29, 1.82) is 0 Å². The summed E-state index contributed by atoms with van der Waals surface area (Å²) in [5.41, 5.74) is 0.137. The SMILES string of the molecule is COc1ccc(-c2ncc(C(=O)NCC3(C(=O)O)CC3)s2)cc1. The van der Waals surface area contributed by atoms with Crippen molar-refractivity contribution in [1.82, 2.24) is 10.3 Å². The predicted molar refractivity (Wildman–Crippen MR) is 85.7 cm³/mol. The number of carboxylic acid groups (broad SMARTS) is 1. The largest absolute Gasteiger partial charge is 0.497 e. The summed E-state index contributed by atoms with van der Waals surface area (Å²) in [6.45, 7) is 0.164. The van der Waals surface area contributed by atoms with Gasteiger partial charge in [0.1, 0.15) is 15.6 Å². The molecular formula is C16H16N2O4S. The van der Waals surface area contributed by atoms with Gasteiger partial charge in [-0.1, -0.05) is 0 Å². The lowest BCUT2D eigenvalue weighted by Gasteiger charge is -2.09. The van der Waals surface area contributed by atoms with Crippen LogP contribution in [0.25, 0.3) is 10.6 Å². The molecule has 1 saturated carbocycles. The summed E-state index contributed by atoms with van der Waals surface area (Å²) in [6, 6.07) is 7.42. The van der Waals surface area contributed by atoms with Crippen molar-refractivity contribution in [3.05, 3.63) is 35.3 Å². The molecule has 1 aromatic carbocycles. The van der Waals surface area contributed by atoms with Gasteiger partial charge in [-0.15, -0.1) is 11.3 Å². The van der Waals surface area contributed by atoms with Crippen LogP contribution in [0, 0.1) is 5.41 Å². The minimum absolute atomic E-state index is 0.164. The number of carboxylic acids is 1. The first kappa shape index (κ1) is 15.5. The van der Waals surface area contributed by atoms with Gasteiger partial charge in [-0.05, 0) is 37.1 Å². The second kappa shape index (κ2) is 6.00. The molecular weight excluding hydrogens is 316 g/mol. The number of carbonyl (C=O) groups excluding carboxylic acids is 1. The van der Waals surface area contributed by atoms with Crippen molar-refractivity contribution < 1.29 is 19.4 Å². The van der Waals surface area contributed by atoms with Crippen LogP contribution < -0.4 is 10.1 Å². The number of carbonyl (C=O) groups is 2. The summed E-state index contributed by atoms with van der Waals surface area (Å²) in [7, 11) is 1.60. The van der Waals surface area contributed by atoms with Gasteiger partial charge in [-0.2, -0.15) is 0 Å². The minimum Gasteiger partial charge on any atom is -0.497 e. The smallest absolute Gasteiger partial charge is 0.311 e. The number of aliphatic carboxylic acids is 1. The van der Waals surface area contributed by atoms with Crippen LogP contribution in [0.3, 0.4) is 0 Å². The van der Waals surface area contributed by atoms with Gasteiger partial charge in [0.2, 0.25) is 0 Å². The van der Waals surface area contributed by atoms with E-state index in [0.717, 1.165) is 16.3 Å². The number of hydrogen-bond donors (Lipinski definition) is 2. The van der Waals surface area contributed by atoms with Crippen molar-refractivity contribution in [2.24, 2.45) is 5.41 Å². The monoisotopic (exact) mass is 332 g/mol. The molecule has 0 radical (unpaired) electrons. The molecule has 1 amide bonds. The number of aromatic nitrogens is 1. The average molecular weight is 332 g/mol. The topological polar surface area (TPSA) is 88.5 Å². The number of thiazole rings is 1. The lowest BCUT2D eigenvalue weighted by atomic mass is 10.1. The molecule has 120 valence electrons. The van der Waals surface area contributed by atoms with Crippen LogP contribution in [0.1, 0.15) is 22.5 Å². The molecule has 0 atom stereocenters. The molecule has 0 spiro atoms. The highest BCUT2D eigenvalue weighted by atomic mass is 32.1. The number of hydrogen-bond acceptors (Lipinski definition) is 5. The lowest BCUT2D eigenvalue weighted by molar-refractivity contribution is -0.143. The highest BCUT2D eigenvalue weighted by Gasteiger charge is 2.50. The number of methoxy groups -OCH3 is 1. The summed E-state index contributed by atoms with van der Waals surface area (Å²) in [5.74, 6) is -0.373. The summed E-state index contributed by atoms with van der Waals surface area (Å²) in [5, 5.41) is 12.5. The summed E-state index contributed by atoms with van der Waals surface area (Å²) < 4.78 is 5.11. The fourth-order valence-electron chi connectivity index (χ4n) is 2.20. The molecule has 0 bridgehead atoms. The Hall–Kier alpha value is -2.41. The van der Waals surface area contributed by atoms with Crippen LogP contribution in [0.4, 0.5) is 0 Å². The fourth-order valence-corrected chi connectivity index (χ4v) is 3.04. The average Bonchev–Trinajstić information content (AvgIpc) is 3.21. The molecule has 0 unspecified atom stereocenters. The van der Waals surface area contributed by atoms with Crippen LogP contribution >= 0.6 is 11.3 Å². The molecule has 2 aromatic rings. The highest BCUT2D eigenvalue weighted by Crippen LogP contribution is 2.45. The Balaban J connectivity index is 1.66. The van der Waals surface area contributed by atoms with Gasteiger partial charge in [0.25, 0.3) is 5.91 Å². The zero-order chi connectivity index (χ0) is 16.4. The van der Waals surface area contributed by atoms with Crippen molar-refractivity contribution in [2.45, 2.75) is 12.8 Å². The molecule has 2 N–H and O–H groups in total. The first-order valence-electron chi connectivity index (χ1n) is 7.16. The van der Waals surface area contributed by atoms with Crippen molar-refractivity contribution in [3.8, 4) is 16.3 Å². The molecule has 1 heterocycles. The Bertz CT molecular complexity index is 735. The van der Waals surface area contributed by atoms with E-state index < -0.39 is 11.4 Å². The first-order chi connectivity index (χ1) is 11.0. The molecule has 3 rings (SSSR count). The third-order valence-electron chi connectivity index (χ3n) is 3.96. The number of rotatable bonds is 6. The molecule has 1 aromatic heterocycles. The van der Waals surface area contributed by atoms with Crippen LogP contribution in [0.2, 0.25) is 0 Å². The Morgan fingerprint density at radius 1 is 1.35 bits per heavy atom. The Kier molecular flexibility index (Phi) is 4.04. The number of nitrogens with zero attached hydrogens (tertiary/aromatic N) is 1. The van der Waals surface area contributed by atoms with Gasteiger partial charge in [0, 0.05) is 12.1 Å². The van der Waals surface area contributed by atoms with Gasteiger partial charge in [-0.25, -0.2) is 4.98 Å². The minimum atomic E-state index is -0.846. The zero-order valence-corrected chi connectivity index (χ0v) is 13.4. The molecule has 6 nitrogen and oxygen atoms in total. The normalized spacial score (nSPS) is 15.0. The number of benzene rings is 1. The van der Waals surface area contributed by atoms with E-state index in [-0.39, 0.29) is 12.5 Å². The highest BCUT2D eigenvalue weighted by molar-refractivity contribution is 7.16. The van der Waals surface area contributed by atoms with Crippen molar-refractivity contribution >= 4 is 23.2 Å². The second-order valence-corrected chi connectivity index (χ2v) is 6.56. The van der Waals surface area contributed by atoms with Crippen molar-refractivity contribution in [3.63, 3.8) is 0 Å². The van der Waals surface area contributed by atoms with E-state index in [0.29, 0.717) is 17.7 Å². The standard InChI is InChI=1S/C16H16N2O4S/c1-22-11-4-2-10(3-5-11)14-17-8-12(23-14)13(19)18-9-16(6-7-16)15(20)21/h2-5,8H,6-7,9H2,1H3,(H,18,19)(H,20,21). The van der Waals surface area contributed by atoms with Gasteiger partial charge < -0.3 is 15.2 Å². The van der Waals surface area contributed by atoms with E-state index in [9.17, 15) is 9.59 Å². The number of ether oxygens (including phenoxy) is 1. The Labute approximate surface area is 137 Å². The summed E-state index contributed by atoms with van der Waals surface area (Å²) in [6.07, 6.45) is 2.74. The van der Waals surface area contributed by atoms with Crippen LogP contribution in [0.5, 0.6) is 5.75 Å². The maximum atomic E-state index is 12.1. The third-order valence-corrected chi connectivity index (χ3v) is 5.01. The van der Waals surface area contributed by atoms with Gasteiger partial charge in [-0.3, -0.25) is 9.59 Å². The van der Waals surface area contributed by atoms with Gasteiger partial charge >= 0.3 is 5.97 Å². The Morgan fingerprint density at radius 3 is 2.61 bits per heavy atom. The Morgan fingerprint density at radius 2 is 2.04 bits per heavy atom. The molecule has 23 heavy (non-hydrogen) atoms. The molecule has 1 aliphatic carbocycles. The van der Waals surface area contributed by atoms with E-state index in [1.165, 1.54) is 17.5 Å². The second-order valence-electron chi connectivity index (χ2n) is 5.53. The van der Waals surface area contributed by atoms with Gasteiger partial charge in [0.15, 0.2) is 0 Å². The molecule has 0 aliphatic heterocycles. The van der Waals surface area contributed by atoms with E-state index in [2.05, 4.69) is 10.3 Å². The van der Waals surface area contributed by atoms with E-state index in [1.54, 1.807) is 7.11 Å². The summed E-state index contributed by atoms with van der Waals surface area (Å²) in [4.78, 5) is 28.0. The third kappa shape index (κ3) is 3.19. The predicted octanol–water partition coefficient (Wildman–Crippen LogP) is 2.41. The molecule has 1 aliphatic rings. The molecule has 0 saturated heterocycles. The first-order valence-corrected chi connectivity index (χ1v) is 7.98. The quantitative estimate of drug-likeness (QED) is 0.848. The van der Waals surface area contributed by atoms with Crippen LogP contribution in [-0.2, 0) is 4.79 Å². The maximum absolute atomic E-state index is 12.1. The summed E-state index contributed by atoms with van der Waals surface area (Å²) >= 11 is 1.28. The molecule has 7 heteroatoms. The van der Waals surface area contributed by atoms with Gasteiger partial charge in [0.05, 0.1) is 18.7 Å².